The second-order valence-electron chi connectivity index (χ2n) is 6.01. The Morgan fingerprint density at radius 3 is 2.71 bits per heavy atom. The maximum Gasteiger partial charge on any atom is 0.412 e. The van der Waals surface area contributed by atoms with E-state index in [1.807, 2.05) is 43.5 Å². The van der Waals surface area contributed by atoms with Crippen molar-refractivity contribution < 1.29 is 9.53 Å². The summed E-state index contributed by atoms with van der Waals surface area (Å²) in [4.78, 5) is 17.2. The van der Waals surface area contributed by atoms with E-state index in [2.05, 4.69) is 22.0 Å². The number of benzene rings is 1. The molecule has 0 saturated heterocycles. The number of carbonyl (C=O) groups excluding carboxylic acids is 1. The maximum absolute atomic E-state index is 11.5. The Labute approximate surface area is 179 Å². The number of hydrogen-bond donors (Lipinski definition) is 2. The summed E-state index contributed by atoms with van der Waals surface area (Å²) < 4.78 is 4.65. The average Bonchev–Trinajstić information content (AvgIpc) is 2.69. The van der Waals surface area contributed by atoms with Crippen molar-refractivity contribution in [2.24, 2.45) is 4.99 Å². The number of halogens is 1. The van der Waals surface area contributed by atoms with Crippen LogP contribution in [0.15, 0.2) is 45.8 Å². The highest BCUT2D eigenvalue weighted by molar-refractivity contribution is 8.13. The lowest BCUT2D eigenvalue weighted by Crippen LogP contribution is -2.32. The quantitative estimate of drug-likeness (QED) is 0.463. The molecule has 1 amide bonds. The summed E-state index contributed by atoms with van der Waals surface area (Å²) in [6, 6.07) is 7.20. The van der Waals surface area contributed by atoms with E-state index in [0.717, 1.165) is 33.8 Å². The van der Waals surface area contributed by atoms with Crippen molar-refractivity contribution in [2.45, 2.75) is 26.3 Å². The van der Waals surface area contributed by atoms with Gasteiger partial charge in [0.2, 0.25) is 0 Å². The van der Waals surface area contributed by atoms with Crippen molar-refractivity contribution in [3.63, 3.8) is 0 Å². The number of amidine groups is 1. The normalized spacial score (nSPS) is 17.5. The maximum atomic E-state index is 11.5. The summed E-state index contributed by atoms with van der Waals surface area (Å²) in [5, 5.41) is 12.2. The van der Waals surface area contributed by atoms with Gasteiger partial charge in [0.1, 0.15) is 6.04 Å². The minimum absolute atomic E-state index is 0.353. The molecule has 8 heteroatoms. The average molecular weight is 438 g/mol. The predicted molar refractivity (Wildman–Crippen MR) is 123 cm³/mol. The van der Waals surface area contributed by atoms with Gasteiger partial charge < -0.3 is 10.1 Å². The molecule has 2 rings (SSSR count). The van der Waals surface area contributed by atoms with Gasteiger partial charge in [-0.25, -0.2) is 9.79 Å². The number of amides is 1. The van der Waals surface area contributed by atoms with Crippen LogP contribution in [0.2, 0.25) is 5.02 Å². The number of aliphatic imine (C=N–C) groups is 1. The molecule has 0 spiro atoms. The lowest BCUT2D eigenvalue weighted by atomic mass is 9.90. The van der Waals surface area contributed by atoms with E-state index in [4.69, 9.17) is 17.0 Å². The van der Waals surface area contributed by atoms with Crippen molar-refractivity contribution in [2.75, 3.05) is 19.1 Å². The van der Waals surface area contributed by atoms with E-state index in [9.17, 15) is 4.79 Å². The Morgan fingerprint density at radius 2 is 2.11 bits per heavy atom. The first kappa shape index (κ1) is 22.6. The third kappa shape index (κ3) is 5.43. The van der Waals surface area contributed by atoms with Gasteiger partial charge in [-0.05, 0) is 48.6 Å². The fourth-order valence-electron chi connectivity index (χ4n) is 2.70. The van der Waals surface area contributed by atoms with E-state index < -0.39 is 12.1 Å². The molecule has 5 nitrogen and oxygen atoms in total. The summed E-state index contributed by atoms with van der Waals surface area (Å²) in [5.74, 6) is 0.952. The van der Waals surface area contributed by atoms with E-state index in [1.54, 1.807) is 11.8 Å². The summed E-state index contributed by atoms with van der Waals surface area (Å²) in [7, 11) is 1.30. The first-order valence-corrected chi connectivity index (χ1v) is 11.4. The minimum Gasteiger partial charge on any atom is -0.453 e. The lowest BCUT2D eigenvalue weighted by Gasteiger charge is -2.26. The molecule has 0 aromatic heterocycles. The molecule has 0 bridgehead atoms. The van der Waals surface area contributed by atoms with Crippen LogP contribution in [0.3, 0.4) is 0 Å². The van der Waals surface area contributed by atoms with Gasteiger partial charge >= 0.3 is 6.09 Å². The molecule has 1 atom stereocenters. The number of alkyl carbamates (subject to hydrolysis) is 1. The zero-order valence-corrected chi connectivity index (χ0v) is 18.7. The number of allylic oxidation sites excluding steroid dienone is 1. The Balaban J connectivity index is 2.49. The van der Waals surface area contributed by atoms with Crippen LogP contribution in [-0.4, -0.2) is 42.1 Å². The first-order chi connectivity index (χ1) is 13.4. The summed E-state index contributed by atoms with van der Waals surface area (Å²) >= 11 is 9.48. The predicted octanol–water partition coefficient (Wildman–Crippen LogP) is 5.62. The number of hydrogen-bond acceptors (Lipinski definition) is 6. The van der Waals surface area contributed by atoms with Crippen LogP contribution in [0, 0.1) is 5.41 Å². The van der Waals surface area contributed by atoms with Crippen LogP contribution < -0.4 is 5.32 Å². The molecule has 1 unspecified atom stereocenters. The van der Waals surface area contributed by atoms with Crippen LogP contribution in [0.1, 0.15) is 25.8 Å². The van der Waals surface area contributed by atoms with Crippen LogP contribution in [-0.2, 0) is 4.74 Å². The molecule has 1 aromatic carbocycles. The van der Waals surface area contributed by atoms with Crippen LogP contribution in [0.5, 0.6) is 0 Å². The number of thioether (sulfide) groups is 2. The van der Waals surface area contributed by atoms with E-state index in [-0.39, 0.29) is 0 Å². The molecule has 1 aromatic rings. The smallest absolute Gasteiger partial charge is 0.412 e. The number of rotatable bonds is 5. The van der Waals surface area contributed by atoms with Crippen LogP contribution >= 0.6 is 35.1 Å². The fraction of sp³-hybridized carbons (Fsp3) is 0.350. The second-order valence-corrected chi connectivity index (χ2v) is 8.32. The first-order valence-electron chi connectivity index (χ1n) is 8.78. The third-order valence-electron chi connectivity index (χ3n) is 4.06. The molecular weight excluding hydrogens is 414 g/mol. The lowest BCUT2D eigenvalue weighted by molar-refractivity contribution is 0.177. The molecule has 0 aliphatic heterocycles. The number of nitrogens with zero attached hydrogens (tertiary/aromatic N) is 1. The molecule has 28 heavy (non-hydrogen) atoms. The molecular formula is C20H24ClN3O2S2. The monoisotopic (exact) mass is 437 g/mol. The molecule has 1 aliphatic carbocycles. The van der Waals surface area contributed by atoms with Gasteiger partial charge in [-0.2, -0.15) is 0 Å². The number of nitrogens with one attached hydrogen (secondary N) is 2. The molecule has 0 fully saturated rings. The topological polar surface area (TPSA) is 74.5 Å². The Kier molecular flexibility index (Phi) is 8.66. The summed E-state index contributed by atoms with van der Waals surface area (Å²) in [6.45, 7) is 4.12. The Hall–Kier alpha value is -1.70. The molecule has 2 N–H and O–H groups in total. The summed E-state index contributed by atoms with van der Waals surface area (Å²) in [6.07, 6.45) is 4.10. The number of carbonyl (C=O) groups is 1. The molecule has 1 aliphatic rings. The zero-order valence-electron chi connectivity index (χ0n) is 16.3. The van der Waals surface area contributed by atoms with Crippen LogP contribution in [0.4, 0.5) is 4.79 Å². The largest absolute Gasteiger partial charge is 0.453 e. The van der Waals surface area contributed by atoms with Gasteiger partial charge in [-0.1, -0.05) is 48.5 Å². The summed E-state index contributed by atoms with van der Waals surface area (Å²) in [5.41, 5.74) is 3.18. The Bertz CT molecular complexity index is 850. The van der Waals surface area contributed by atoms with Gasteiger partial charge in [0.05, 0.1) is 12.8 Å². The van der Waals surface area contributed by atoms with Crippen molar-refractivity contribution in [1.82, 2.24) is 5.32 Å². The van der Waals surface area contributed by atoms with Gasteiger partial charge in [-0.15, -0.1) is 11.8 Å². The van der Waals surface area contributed by atoms with Crippen molar-refractivity contribution in [3.8, 4) is 0 Å². The standard InChI is InChI=1S/C20H24ClN3O2S2/c1-5-10-28-18-12(2)17(23-19(27-4)24-20(25)26-3)16(22)11-14(18)13-8-6-7-9-15(13)21/h6-9,11,17,22H,5,10H2,1-4H3,(H,23,24,25). The van der Waals surface area contributed by atoms with Gasteiger partial charge in [0, 0.05) is 15.5 Å². The highest BCUT2D eigenvalue weighted by Crippen LogP contribution is 2.41. The zero-order chi connectivity index (χ0) is 20.7. The van der Waals surface area contributed by atoms with E-state index >= 15 is 0 Å². The highest BCUT2D eigenvalue weighted by atomic mass is 35.5. The minimum atomic E-state index is -0.579. The van der Waals surface area contributed by atoms with Gasteiger partial charge in [-0.3, -0.25) is 5.32 Å². The molecule has 0 radical (unpaired) electrons. The number of methoxy groups -OCH3 is 1. The van der Waals surface area contributed by atoms with Gasteiger partial charge in [0.25, 0.3) is 0 Å². The third-order valence-corrected chi connectivity index (χ3v) is 6.42. The molecule has 150 valence electrons. The molecule has 0 heterocycles. The Morgan fingerprint density at radius 1 is 1.39 bits per heavy atom. The van der Waals surface area contributed by atoms with Gasteiger partial charge in [0.15, 0.2) is 5.17 Å². The van der Waals surface area contributed by atoms with E-state index in [1.165, 1.54) is 18.9 Å². The molecule has 0 saturated carbocycles. The fourth-order valence-corrected chi connectivity index (χ4v) is 4.41. The van der Waals surface area contributed by atoms with Crippen molar-refractivity contribution in [3.05, 3.63) is 51.4 Å². The SMILES string of the molecule is CCCSC1=C(C)C(N=C(NC(=O)OC)SC)C(=N)C=C1c1ccccc1Cl. The second kappa shape index (κ2) is 10.7. The van der Waals surface area contributed by atoms with Crippen molar-refractivity contribution >= 4 is 57.7 Å². The number of ether oxygens (including phenoxy) is 1. The highest BCUT2D eigenvalue weighted by Gasteiger charge is 2.28. The van der Waals surface area contributed by atoms with E-state index in [0.29, 0.717) is 15.9 Å². The van der Waals surface area contributed by atoms with Crippen molar-refractivity contribution in [1.29, 1.82) is 5.41 Å². The van der Waals surface area contributed by atoms with Crippen LogP contribution in [0.25, 0.3) is 5.57 Å².